The third-order valence-electron chi connectivity index (χ3n) is 4.75. The van der Waals surface area contributed by atoms with Crippen molar-refractivity contribution in [1.29, 1.82) is 0 Å². The fraction of sp³-hybridized carbons (Fsp3) is 0.400. The first kappa shape index (κ1) is 20.3. The molecular formula is C20H22F3N3O2. The Morgan fingerprint density at radius 2 is 1.86 bits per heavy atom. The van der Waals surface area contributed by atoms with E-state index in [0.29, 0.717) is 19.8 Å². The van der Waals surface area contributed by atoms with Crippen LogP contribution in [0.2, 0.25) is 0 Å². The molecule has 1 fully saturated rings. The Balaban J connectivity index is 1.73. The molecule has 1 aliphatic heterocycles. The van der Waals surface area contributed by atoms with Crippen molar-refractivity contribution < 1.29 is 22.7 Å². The lowest BCUT2D eigenvalue weighted by atomic mass is 10.0. The number of amides is 1. The van der Waals surface area contributed by atoms with E-state index >= 15 is 0 Å². The van der Waals surface area contributed by atoms with Crippen LogP contribution in [0.15, 0.2) is 42.5 Å². The SMILES string of the molecule is Cc1nc(C(F)(F)F)ccc1C(=O)NCC(c1ccccc1)N1CCOCC1. The van der Waals surface area contributed by atoms with Crippen LogP contribution in [-0.4, -0.2) is 48.6 Å². The van der Waals surface area contributed by atoms with Crippen LogP contribution in [0.25, 0.3) is 0 Å². The molecule has 2 heterocycles. The highest BCUT2D eigenvalue weighted by Crippen LogP contribution is 2.28. The van der Waals surface area contributed by atoms with Crippen molar-refractivity contribution in [3.8, 4) is 0 Å². The maximum Gasteiger partial charge on any atom is 0.433 e. The minimum atomic E-state index is -4.53. The van der Waals surface area contributed by atoms with Gasteiger partial charge in [0.2, 0.25) is 0 Å². The summed E-state index contributed by atoms with van der Waals surface area (Å²) in [6, 6.07) is 11.8. The molecule has 0 bridgehead atoms. The van der Waals surface area contributed by atoms with E-state index in [9.17, 15) is 18.0 Å². The molecule has 150 valence electrons. The quantitative estimate of drug-likeness (QED) is 0.848. The largest absolute Gasteiger partial charge is 0.433 e. The number of morpholine rings is 1. The minimum Gasteiger partial charge on any atom is -0.379 e. The molecule has 2 aromatic rings. The number of rotatable bonds is 5. The summed E-state index contributed by atoms with van der Waals surface area (Å²) < 4.78 is 43.7. The Hall–Kier alpha value is -2.45. The lowest BCUT2D eigenvalue weighted by Gasteiger charge is -2.35. The zero-order valence-electron chi connectivity index (χ0n) is 15.5. The number of hydrogen-bond donors (Lipinski definition) is 1. The second-order valence-corrected chi connectivity index (χ2v) is 6.61. The third-order valence-corrected chi connectivity index (χ3v) is 4.75. The van der Waals surface area contributed by atoms with Crippen molar-refractivity contribution in [3.05, 3.63) is 65.0 Å². The van der Waals surface area contributed by atoms with E-state index in [2.05, 4.69) is 15.2 Å². The maximum atomic E-state index is 12.8. The number of carbonyl (C=O) groups is 1. The summed E-state index contributed by atoms with van der Waals surface area (Å²) in [5, 5.41) is 2.85. The number of nitrogens with one attached hydrogen (secondary N) is 1. The van der Waals surface area contributed by atoms with Crippen molar-refractivity contribution in [1.82, 2.24) is 15.2 Å². The number of pyridine rings is 1. The van der Waals surface area contributed by atoms with Gasteiger partial charge in [0.15, 0.2) is 0 Å². The van der Waals surface area contributed by atoms with Gasteiger partial charge in [-0.1, -0.05) is 30.3 Å². The Morgan fingerprint density at radius 3 is 2.46 bits per heavy atom. The van der Waals surface area contributed by atoms with Gasteiger partial charge in [0, 0.05) is 19.6 Å². The van der Waals surface area contributed by atoms with E-state index in [1.165, 1.54) is 13.0 Å². The Labute approximate surface area is 161 Å². The number of nitrogens with zero attached hydrogens (tertiary/aromatic N) is 2. The van der Waals surface area contributed by atoms with Crippen molar-refractivity contribution in [2.75, 3.05) is 32.8 Å². The van der Waals surface area contributed by atoms with Crippen LogP contribution in [0.5, 0.6) is 0 Å². The molecule has 1 unspecified atom stereocenters. The number of hydrogen-bond acceptors (Lipinski definition) is 4. The summed E-state index contributed by atoms with van der Waals surface area (Å²) in [6.45, 7) is 4.48. The summed E-state index contributed by atoms with van der Waals surface area (Å²) in [5.74, 6) is -0.437. The molecule has 1 aromatic heterocycles. The molecular weight excluding hydrogens is 371 g/mol. The van der Waals surface area contributed by atoms with Crippen LogP contribution in [0, 0.1) is 6.92 Å². The zero-order valence-corrected chi connectivity index (χ0v) is 15.5. The number of ether oxygens (including phenoxy) is 1. The van der Waals surface area contributed by atoms with Gasteiger partial charge in [-0.15, -0.1) is 0 Å². The van der Waals surface area contributed by atoms with E-state index in [4.69, 9.17) is 4.74 Å². The van der Waals surface area contributed by atoms with Crippen LogP contribution in [-0.2, 0) is 10.9 Å². The highest BCUT2D eigenvalue weighted by atomic mass is 19.4. The van der Waals surface area contributed by atoms with Gasteiger partial charge in [0.1, 0.15) is 5.69 Å². The molecule has 1 aromatic carbocycles. The molecule has 1 N–H and O–H groups in total. The van der Waals surface area contributed by atoms with E-state index in [0.717, 1.165) is 24.7 Å². The second kappa shape index (κ2) is 8.70. The first-order valence-corrected chi connectivity index (χ1v) is 9.06. The molecule has 1 aliphatic rings. The molecule has 0 spiro atoms. The summed E-state index contributed by atoms with van der Waals surface area (Å²) in [5.41, 5.74) is 0.251. The predicted octanol–water partition coefficient (Wildman–Crippen LogP) is 3.21. The van der Waals surface area contributed by atoms with E-state index in [-0.39, 0.29) is 17.3 Å². The van der Waals surface area contributed by atoms with Gasteiger partial charge >= 0.3 is 6.18 Å². The maximum absolute atomic E-state index is 12.8. The average Bonchev–Trinajstić information content (AvgIpc) is 2.69. The zero-order chi connectivity index (χ0) is 20.1. The molecule has 0 aliphatic carbocycles. The molecule has 8 heteroatoms. The summed E-state index contributed by atoms with van der Waals surface area (Å²) >= 11 is 0. The summed E-state index contributed by atoms with van der Waals surface area (Å²) in [6.07, 6.45) is -4.53. The minimum absolute atomic E-state index is 0.0447. The molecule has 1 amide bonds. The highest BCUT2D eigenvalue weighted by molar-refractivity contribution is 5.95. The standard InChI is InChI=1S/C20H22F3N3O2/c1-14-16(7-8-18(25-14)20(21,22)23)19(27)24-13-17(15-5-3-2-4-6-15)26-9-11-28-12-10-26/h2-8,17H,9-13H2,1H3,(H,24,27). The van der Waals surface area contributed by atoms with Gasteiger partial charge in [0.05, 0.1) is 30.5 Å². The molecule has 3 rings (SSSR count). The molecule has 0 saturated carbocycles. The Kier molecular flexibility index (Phi) is 6.31. The number of carbonyl (C=O) groups excluding carboxylic acids is 1. The van der Waals surface area contributed by atoms with Gasteiger partial charge in [-0.2, -0.15) is 13.2 Å². The molecule has 28 heavy (non-hydrogen) atoms. The van der Waals surface area contributed by atoms with Crippen LogP contribution in [0.1, 0.15) is 33.4 Å². The van der Waals surface area contributed by atoms with Gasteiger partial charge in [0.25, 0.3) is 5.91 Å². The van der Waals surface area contributed by atoms with Crippen molar-refractivity contribution in [2.24, 2.45) is 0 Å². The van der Waals surface area contributed by atoms with Crippen molar-refractivity contribution in [3.63, 3.8) is 0 Å². The van der Waals surface area contributed by atoms with Crippen LogP contribution < -0.4 is 5.32 Å². The smallest absolute Gasteiger partial charge is 0.379 e. The fourth-order valence-electron chi connectivity index (χ4n) is 3.27. The fourth-order valence-corrected chi connectivity index (χ4v) is 3.27. The number of aryl methyl sites for hydroxylation is 1. The second-order valence-electron chi connectivity index (χ2n) is 6.61. The number of benzene rings is 1. The third kappa shape index (κ3) is 4.88. The summed E-state index contributed by atoms with van der Waals surface area (Å²) in [4.78, 5) is 18.3. The lowest BCUT2D eigenvalue weighted by molar-refractivity contribution is -0.141. The van der Waals surface area contributed by atoms with Crippen molar-refractivity contribution >= 4 is 5.91 Å². The molecule has 0 radical (unpaired) electrons. The predicted molar refractivity (Wildman–Crippen MR) is 97.9 cm³/mol. The highest BCUT2D eigenvalue weighted by Gasteiger charge is 2.33. The first-order chi connectivity index (χ1) is 13.4. The van der Waals surface area contributed by atoms with Crippen molar-refractivity contribution in [2.45, 2.75) is 19.1 Å². The van der Waals surface area contributed by atoms with Crippen LogP contribution >= 0.6 is 0 Å². The van der Waals surface area contributed by atoms with E-state index in [1.54, 1.807) is 0 Å². The van der Waals surface area contributed by atoms with Gasteiger partial charge in [-0.3, -0.25) is 9.69 Å². The Bertz CT molecular complexity index is 806. The van der Waals surface area contributed by atoms with Gasteiger partial charge < -0.3 is 10.1 Å². The van der Waals surface area contributed by atoms with Crippen LogP contribution in [0.4, 0.5) is 13.2 Å². The van der Waals surface area contributed by atoms with E-state index in [1.807, 2.05) is 30.3 Å². The van der Waals surface area contributed by atoms with Gasteiger partial charge in [-0.05, 0) is 24.6 Å². The summed E-state index contributed by atoms with van der Waals surface area (Å²) in [7, 11) is 0. The van der Waals surface area contributed by atoms with E-state index < -0.39 is 17.8 Å². The normalized spacial score (nSPS) is 16.6. The first-order valence-electron chi connectivity index (χ1n) is 9.06. The monoisotopic (exact) mass is 393 g/mol. The number of alkyl halides is 3. The topological polar surface area (TPSA) is 54.5 Å². The number of halogens is 3. The van der Waals surface area contributed by atoms with Gasteiger partial charge in [-0.25, -0.2) is 4.98 Å². The Morgan fingerprint density at radius 1 is 1.18 bits per heavy atom. The number of aromatic nitrogens is 1. The molecule has 1 atom stereocenters. The molecule has 5 nitrogen and oxygen atoms in total. The average molecular weight is 393 g/mol. The molecule has 1 saturated heterocycles. The lowest BCUT2D eigenvalue weighted by Crippen LogP contribution is -2.43. The van der Waals surface area contributed by atoms with Crippen LogP contribution in [0.3, 0.4) is 0 Å².